The van der Waals surface area contributed by atoms with Crippen LogP contribution in [0.15, 0.2) is 18.3 Å². The van der Waals surface area contributed by atoms with Crippen molar-refractivity contribution in [2.45, 2.75) is 38.1 Å². The van der Waals surface area contributed by atoms with Gasteiger partial charge in [-0.05, 0) is 31.4 Å². The van der Waals surface area contributed by atoms with Crippen molar-refractivity contribution in [3.05, 3.63) is 23.9 Å². The molecule has 5 heteroatoms. The second kappa shape index (κ2) is 5.27. The van der Waals surface area contributed by atoms with Crippen LogP contribution in [0.3, 0.4) is 0 Å². The molecule has 1 N–H and O–H groups in total. The molecule has 2 rings (SSSR count). The van der Waals surface area contributed by atoms with Crippen molar-refractivity contribution in [1.29, 1.82) is 5.26 Å². The second-order valence-corrected chi connectivity index (χ2v) is 4.83. The van der Waals surface area contributed by atoms with Crippen molar-refractivity contribution < 1.29 is 9.90 Å². The number of hydrogen-bond acceptors (Lipinski definition) is 4. The quantitative estimate of drug-likeness (QED) is 0.896. The van der Waals surface area contributed by atoms with Gasteiger partial charge in [0.15, 0.2) is 0 Å². The third-order valence-electron chi connectivity index (χ3n) is 3.71. The minimum absolute atomic E-state index is 0.436. The van der Waals surface area contributed by atoms with Gasteiger partial charge in [-0.3, -0.25) is 0 Å². The Morgan fingerprint density at radius 3 is 3.11 bits per heavy atom. The average Bonchev–Trinajstić information content (AvgIpc) is 2.84. The Hall–Kier alpha value is -2.09. The van der Waals surface area contributed by atoms with Gasteiger partial charge in [-0.2, -0.15) is 5.26 Å². The van der Waals surface area contributed by atoms with E-state index in [-0.39, 0.29) is 0 Å². The number of rotatable bonds is 4. The summed E-state index contributed by atoms with van der Waals surface area (Å²) in [5.74, 6) is -0.320. The maximum absolute atomic E-state index is 11.7. The zero-order chi connectivity index (χ0) is 13.9. The lowest BCUT2D eigenvalue weighted by Gasteiger charge is -2.35. The van der Waals surface area contributed by atoms with Gasteiger partial charge < -0.3 is 10.0 Å². The van der Waals surface area contributed by atoms with Crippen molar-refractivity contribution >= 4 is 11.8 Å². The molecule has 0 spiro atoms. The number of carboxylic acid groups (broad SMARTS) is 1. The van der Waals surface area contributed by atoms with Gasteiger partial charge in [-0.15, -0.1) is 0 Å². The predicted molar refractivity (Wildman–Crippen MR) is 70.8 cm³/mol. The van der Waals surface area contributed by atoms with Crippen molar-refractivity contribution in [3.63, 3.8) is 0 Å². The fourth-order valence-corrected chi connectivity index (χ4v) is 2.89. The standard InChI is InChI=1S/C14H17N3O2/c1-2-6-14(13(18)19)7-4-9-17(14)12-11(10-15)5-3-8-16-12/h3,5,8H,2,4,6-7,9H2,1H3,(H,18,19). The monoisotopic (exact) mass is 259 g/mol. The summed E-state index contributed by atoms with van der Waals surface area (Å²) in [4.78, 5) is 17.8. The third kappa shape index (κ3) is 2.14. The molecule has 1 fully saturated rings. The summed E-state index contributed by atoms with van der Waals surface area (Å²) < 4.78 is 0. The molecule has 1 unspecified atom stereocenters. The summed E-state index contributed by atoms with van der Waals surface area (Å²) >= 11 is 0. The molecule has 100 valence electrons. The van der Waals surface area contributed by atoms with Crippen molar-refractivity contribution in [1.82, 2.24) is 4.98 Å². The first-order valence-electron chi connectivity index (χ1n) is 6.52. The highest BCUT2D eigenvalue weighted by Gasteiger charge is 2.48. The lowest BCUT2D eigenvalue weighted by Crippen LogP contribution is -2.51. The molecule has 1 aliphatic heterocycles. The van der Waals surface area contributed by atoms with Gasteiger partial charge in [0.05, 0.1) is 5.56 Å². The van der Waals surface area contributed by atoms with Crippen LogP contribution in [0.5, 0.6) is 0 Å². The van der Waals surface area contributed by atoms with Gasteiger partial charge in [0.1, 0.15) is 17.4 Å². The molecule has 0 bridgehead atoms. The number of aliphatic carboxylic acids is 1. The predicted octanol–water partition coefficient (Wildman–Crippen LogP) is 2.18. The van der Waals surface area contributed by atoms with Gasteiger partial charge in [-0.25, -0.2) is 9.78 Å². The van der Waals surface area contributed by atoms with Gasteiger partial charge in [0.25, 0.3) is 0 Å². The number of nitriles is 1. The molecule has 1 atom stereocenters. The van der Waals surface area contributed by atoms with Crippen LogP contribution in [-0.4, -0.2) is 28.1 Å². The van der Waals surface area contributed by atoms with Crippen LogP contribution < -0.4 is 4.90 Å². The number of pyridine rings is 1. The van der Waals surface area contributed by atoms with Crippen LogP contribution in [0.25, 0.3) is 0 Å². The van der Waals surface area contributed by atoms with E-state index in [1.165, 1.54) is 0 Å². The Balaban J connectivity index is 2.48. The van der Waals surface area contributed by atoms with Gasteiger partial charge in [0, 0.05) is 12.7 Å². The number of aromatic nitrogens is 1. The van der Waals surface area contributed by atoms with Gasteiger partial charge in [0.2, 0.25) is 0 Å². The summed E-state index contributed by atoms with van der Waals surface area (Å²) in [5.41, 5.74) is -0.472. The molecule has 1 aromatic heterocycles. The molecule has 0 aliphatic carbocycles. The summed E-state index contributed by atoms with van der Waals surface area (Å²) in [5, 5.41) is 18.8. The molecular weight excluding hydrogens is 242 g/mol. The fourth-order valence-electron chi connectivity index (χ4n) is 2.89. The highest BCUT2D eigenvalue weighted by atomic mass is 16.4. The smallest absolute Gasteiger partial charge is 0.329 e. The van der Waals surface area contributed by atoms with E-state index in [0.717, 1.165) is 12.8 Å². The summed E-state index contributed by atoms with van der Waals surface area (Å²) in [7, 11) is 0. The molecule has 2 heterocycles. The van der Waals surface area contributed by atoms with Crippen molar-refractivity contribution in [2.24, 2.45) is 0 Å². The van der Waals surface area contributed by atoms with E-state index in [1.54, 1.807) is 23.2 Å². The van der Waals surface area contributed by atoms with Crippen LogP contribution >= 0.6 is 0 Å². The van der Waals surface area contributed by atoms with E-state index in [2.05, 4.69) is 11.1 Å². The number of carboxylic acids is 1. The van der Waals surface area contributed by atoms with E-state index in [4.69, 9.17) is 5.26 Å². The van der Waals surface area contributed by atoms with Crippen molar-refractivity contribution in [2.75, 3.05) is 11.4 Å². The lowest BCUT2D eigenvalue weighted by atomic mass is 9.90. The van der Waals surface area contributed by atoms with Crippen LogP contribution in [0, 0.1) is 11.3 Å². The molecule has 19 heavy (non-hydrogen) atoms. The first kappa shape index (κ1) is 13.3. The van der Waals surface area contributed by atoms with Gasteiger partial charge >= 0.3 is 5.97 Å². The van der Waals surface area contributed by atoms with E-state index in [1.807, 2.05) is 6.92 Å². The Morgan fingerprint density at radius 2 is 2.47 bits per heavy atom. The van der Waals surface area contributed by atoms with Crippen LogP contribution in [-0.2, 0) is 4.79 Å². The Kier molecular flexibility index (Phi) is 3.70. The minimum atomic E-state index is -0.908. The topological polar surface area (TPSA) is 77.2 Å². The lowest BCUT2D eigenvalue weighted by molar-refractivity contribution is -0.143. The Labute approximate surface area is 112 Å². The highest BCUT2D eigenvalue weighted by Crippen LogP contribution is 2.38. The third-order valence-corrected chi connectivity index (χ3v) is 3.71. The fraction of sp³-hybridized carbons (Fsp3) is 0.500. The van der Waals surface area contributed by atoms with Crippen LogP contribution in [0.4, 0.5) is 5.82 Å². The van der Waals surface area contributed by atoms with Crippen LogP contribution in [0.2, 0.25) is 0 Å². The highest BCUT2D eigenvalue weighted by molar-refractivity contribution is 5.84. The van der Waals surface area contributed by atoms with E-state index in [0.29, 0.717) is 30.8 Å². The molecule has 1 aromatic rings. The summed E-state index contributed by atoms with van der Waals surface area (Å²) in [6.07, 6.45) is 4.39. The second-order valence-electron chi connectivity index (χ2n) is 4.83. The Bertz CT molecular complexity index is 524. The first-order valence-corrected chi connectivity index (χ1v) is 6.52. The van der Waals surface area contributed by atoms with E-state index in [9.17, 15) is 9.90 Å². The summed E-state index contributed by atoms with van der Waals surface area (Å²) in [6.45, 7) is 2.61. The number of carbonyl (C=O) groups is 1. The number of hydrogen-bond donors (Lipinski definition) is 1. The van der Waals surface area contributed by atoms with E-state index < -0.39 is 11.5 Å². The molecule has 1 saturated heterocycles. The van der Waals surface area contributed by atoms with Crippen LogP contribution in [0.1, 0.15) is 38.2 Å². The largest absolute Gasteiger partial charge is 0.479 e. The molecule has 0 aromatic carbocycles. The maximum atomic E-state index is 11.7. The normalized spacial score (nSPS) is 22.2. The molecular formula is C14H17N3O2. The number of anilines is 1. The maximum Gasteiger partial charge on any atom is 0.329 e. The Morgan fingerprint density at radius 1 is 1.68 bits per heavy atom. The van der Waals surface area contributed by atoms with Crippen molar-refractivity contribution in [3.8, 4) is 6.07 Å². The molecule has 0 saturated carbocycles. The SMILES string of the molecule is CCCC1(C(=O)O)CCCN1c1ncccc1C#N. The zero-order valence-electron chi connectivity index (χ0n) is 11.0. The zero-order valence-corrected chi connectivity index (χ0v) is 11.0. The summed E-state index contributed by atoms with van der Waals surface area (Å²) in [6, 6.07) is 5.47. The number of nitrogens with zero attached hydrogens (tertiary/aromatic N) is 3. The molecule has 5 nitrogen and oxygen atoms in total. The first-order chi connectivity index (χ1) is 9.15. The molecule has 0 radical (unpaired) electrons. The van der Waals surface area contributed by atoms with E-state index >= 15 is 0 Å². The molecule has 0 amide bonds. The average molecular weight is 259 g/mol. The molecule has 1 aliphatic rings. The van der Waals surface area contributed by atoms with Gasteiger partial charge in [-0.1, -0.05) is 13.3 Å². The minimum Gasteiger partial charge on any atom is -0.479 e.